The summed E-state index contributed by atoms with van der Waals surface area (Å²) < 4.78 is 10.7. The molecular formula is C19H20ClNO5. The Bertz CT molecular complexity index is 807. The Morgan fingerprint density at radius 2 is 1.92 bits per heavy atom. The van der Waals surface area contributed by atoms with Crippen LogP contribution in [0.25, 0.3) is 0 Å². The van der Waals surface area contributed by atoms with Gasteiger partial charge in [-0.3, -0.25) is 4.79 Å². The third-order valence-electron chi connectivity index (χ3n) is 3.70. The Morgan fingerprint density at radius 1 is 1.15 bits per heavy atom. The number of carboxylic acids is 1. The number of amides is 1. The van der Waals surface area contributed by atoms with Crippen LogP contribution in [0.15, 0.2) is 36.4 Å². The number of carbonyl (C=O) groups excluding carboxylic acids is 1. The van der Waals surface area contributed by atoms with Gasteiger partial charge in [0, 0.05) is 11.6 Å². The number of hydrogen-bond donors (Lipinski definition) is 2. The second-order valence-corrected chi connectivity index (χ2v) is 5.85. The zero-order valence-corrected chi connectivity index (χ0v) is 15.3. The van der Waals surface area contributed by atoms with Gasteiger partial charge in [-0.25, -0.2) is 4.79 Å². The number of halogens is 1. The molecule has 0 radical (unpaired) electrons. The average molecular weight is 378 g/mol. The molecule has 26 heavy (non-hydrogen) atoms. The predicted molar refractivity (Wildman–Crippen MR) is 98.6 cm³/mol. The zero-order valence-electron chi connectivity index (χ0n) is 14.5. The lowest BCUT2D eigenvalue weighted by Gasteiger charge is -2.13. The van der Waals surface area contributed by atoms with Crippen LogP contribution in [0, 0.1) is 0 Å². The summed E-state index contributed by atoms with van der Waals surface area (Å²) in [5.74, 6) is -0.377. The van der Waals surface area contributed by atoms with Crippen LogP contribution in [0.3, 0.4) is 0 Å². The van der Waals surface area contributed by atoms with Crippen LogP contribution in [-0.2, 0) is 6.42 Å². The minimum absolute atomic E-state index is 0.157. The molecule has 2 rings (SSSR count). The summed E-state index contributed by atoms with van der Waals surface area (Å²) in [5.41, 5.74) is 1.33. The first-order valence-corrected chi connectivity index (χ1v) is 8.44. The van der Waals surface area contributed by atoms with Gasteiger partial charge in [0.25, 0.3) is 5.91 Å². The van der Waals surface area contributed by atoms with Gasteiger partial charge in [-0.2, -0.15) is 0 Å². The number of rotatable bonds is 8. The molecule has 138 valence electrons. The van der Waals surface area contributed by atoms with Crippen molar-refractivity contribution < 1.29 is 24.2 Å². The summed E-state index contributed by atoms with van der Waals surface area (Å²) >= 11 is 5.94. The van der Waals surface area contributed by atoms with E-state index >= 15 is 0 Å². The van der Waals surface area contributed by atoms with E-state index in [-0.39, 0.29) is 11.5 Å². The normalized spacial score (nSPS) is 10.3. The highest BCUT2D eigenvalue weighted by Gasteiger charge is 2.14. The van der Waals surface area contributed by atoms with Crippen LogP contribution in [0.5, 0.6) is 11.5 Å². The number of ether oxygens (including phenoxy) is 2. The fourth-order valence-electron chi connectivity index (χ4n) is 2.45. The second kappa shape index (κ2) is 9.10. The largest absolute Gasteiger partial charge is 0.496 e. The third-order valence-corrected chi connectivity index (χ3v) is 3.94. The molecule has 0 aliphatic heterocycles. The van der Waals surface area contributed by atoms with Crippen molar-refractivity contribution in [3.05, 3.63) is 58.1 Å². The summed E-state index contributed by atoms with van der Waals surface area (Å²) in [4.78, 5) is 23.4. The number of hydrogen-bond acceptors (Lipinski definition) is 4. The number of methoxy groups -OCH3 is 1. The molecule has 6 nitrogen and oxygen atoms in total. The van der Waals surface area contributed by atoms with E-state index in [1.807, 2.05) is 6.92 Å². The van der Waals surface area contributed by atoms with E-state index in [0.29, 0.717) is 41.7 Å². The van der Waals surface area contributed by atoms with E-state index in [1.165, 1.54) is 19.2 Å². The first kappa shape index (κ1) is 19.6. The smallest absolute Gasteiger partial charge is 0.335 e. The highest BCUT2D eigenvalue weighted by molar-refractivity contribution is 6.31. The van der Waals surface area contributed by atoms with Gasteiger partial charge in [0.2, 0.25) is 0 Å². The molecule has 0 aliphatic rings. The van der Waals surface area contributed by atoms with Crippen LogP contribution >= 0.6 is 11.6 Å². The molecule has 0 bridgehead atoms. The molecule has 2 N–H and O–H groups in total. The minimum Gasteiger partial charge on any atom is -0.496 e. The van der Waals surface area contributed by atoms with Crippen molar-refractivity contribution in [3.8, 4) is 11.5 Å². The number of aromatic carboxylic acids is 1. The Balaban J connectivity index is 2.06. The second-order valence-electron chi connectivity index (χ2n) is 5.41. The first-order valence-electron chi connectivity index (χ1n) is 8.07. The van der Waals surface area contributed by atoms with Gasteiger partial charge in [0.15, 0.2) is 0 Å². The molecule has 0 atom stereocenters. The van der Waals surface area contributed by atoms with Crippen LogP contribution in [0.1, 0.15) is 33.2 Å². The lowest BCUT2D eigenvalue weighted by atomic mass is 10.1. The minimum atomic E-state index is -1.01. The first-order chi connectivity index (χ1) is 12.5. The van der Waals surface area contributed by atoms with Gasteiger partial charge >= 0.3 is 5.97 Å². The Morgan fingerprint density at radius 3 is 2.58 bits per heavy atom. The zero-order chi connectivity index (χ0) is 19.1. The predicted octanol–water partition coefficient (Wildman–Crippen LogP) is 3.42. The summed E-state index contributed by atoms with van der Waals surface area (Å²) in [5, 5.41) is 12.3. The van der Waals surface area contributed by atoms with E-state index in [0.717, 1.165) is 5.56 Å². The van der Waals surface area contributed by atoms with Gasteiger partial charge in [0.1, 0.15) is 11.5 Å². The van der Waals surface area contributed by atoms with E-state index in [9.17, 15) is 9.59 Å². The maximum atomic E-state index is 12.4. The SMILES string of the molecule is CCOc1cc(C(=O)O)ccc1CCNC(=O)c1cc(Cl)ccc1OC. The molecule has 7 heteroatoms. The maximum absolute atomic E-state index is 12.4. The molecule has 2 aromatic carbocycles. The number of carboxylic acid groups (broad SMARTS) is 1. The van der Waals surface area contributed by atoms with Crippen LogP contribution in [0.4, 0.5) is 0 Å². The molecule has 1 amide bonds. The average Bonchev–Trinajstić information content (AvgIpc) is 2.62. The van der Waals surface area contributed by atoms with Crippen molar-refractivity contribution in [2.75, 3.05) is 20.3 Å². The molecule has 0 unspecified atom stereocenters. The lowest BCUT2D eigenvalue weighted by Crippen LogP contribution is -2.26. The fourth-order valence-corrected chi connectivity index (χ4v) is 2.62. The standard InChI is InChI=1S/C19H20ClNO5/c1-3-26-17-10-13(19(23)24)5-4-12(17)8-9-21-18(22)15-11-14(20)6-7-16(15)25-2/h4-7,10-11H,3,8-9H2,1-2H3,(H,21,22)(H,23,24). The highest BCUT2D eigenvalue weighted by Crippen LogP contribution is 2.23. The fraction of sp³-hybridized carbons (Fsp3) is 0.263. The van der Waals surface area contributed by atoms with Crippen LogP contribution < -0.4 is 14.8 Å². The highest BCUT2D eigenvalue weighted by atomic mass is 35.5. The van der Waals surface area contributed by atoms with E-state index in [1.54, 1.807) is 24.3 Å². The Labute approximate surface area is 156 Å². The maximum Gasteiger partial charge on any atom is 0.335 e. The van der Waals surface area contributed by atoms with E-state index in [2.05, 4.69) is 5.32 Å². The topological polar surface area (TPSA) is 84.9 Å². The number of nitrogens with one attached hydrogen (secondary N) is 1. The van der Waals surface area contributed by atoms with Crippen molar-refractivity contribution in [1.82, 2.24) is 5.32 Å². The molecule has 0 saturated carbocycles. The summed E-state index contributed by atoms with van der Waals surface area (Å²) in [7, 11) is 1.48. The quantitative estimate of drug-likeness (QED) is 0.736. The van der Waals surface area contributed by atoms with E-state index in [4.69, 9.17) is 26.2 Å². The van der Waals surface area contributed by atoms with Gasteiger partial charge in [-0.15, -0.1) is 0 Å². The van der Waals surface area contributed by atoms with Gasteiger partial charge < -0.3 is 19.9 Å². The molecule has 0 saturated heterocycles. The van der Waals surface area contributed by atoms with Crippen molar-refractivity contribution in [1.29, 1.82) is 0 Å². The van der Waals surface area contributed by atoms with Crippen molar-refractivity contribution >= 4 is 23.5 Å². The van der Waals surface area contributed by atoms with E-state index < -0.39 is 5.97 Å². The Kier molecular flexibility index (Phi) is 6.86. The molecule has 2 aromatic rings. The summed E-state index contributed by atoms with van der Waals surface area (Å²) in [6.07, 6.45) is 0.490. The van der Waals surface area contributed by atoms with Gasteiger partial charge in [-0.1, -0.05) is 17.7 Å². The molecule has 0 heterocycles. The van der Waals surface area contributed by atoms with Crippen molar-refractivity contribution in [3.63, 3.8) is 0 Å². The number of benzene rings is 2. The molecule has 0 fully saturated rings. The molecular weight excluding hydrogens is 358 g/mol. The summed E-state index contributed by atoms with van der Waals surface area (Å²) in [6, 6.07) is 9.53. The molecule has 0 aromatic heterocycles. The number of carbonyl (C=O) groups is 2. The monoisotopic (exact) mass is 377 g/mol. The van der Waals surface area contributed by atoms with Gasteiger partial charge in [-0.05, 0) is 49.2 Å². The van der Waals surface area contributed by atoms with Crippen molar-refractivity contribution in [2.24, 2.45) is 0 Å². The van der Waals surface area contributed by atoms with Gasteiger partial charge in [0.05, 0.1) is 24.8 Å². The molecule has 0 spiro atoms. The summed E-state index contributed by atoms with van der Waals surface area (Å²) in [6.45, 7) is 2.59. The third kappa shape index (κ3) is 4.89. The molecule has 0 aliphatic carbocycles. The Hall–Kier alpha value is -2.73. The van der Waals surface area contributed by atoms with Crippen LogP contribution in [-0.4, -0.2) is 37.2 Å². The lowest BCUT2D eigenvalue weighted by molar-refractivity contribution is 0.0696. The van der Waals surface area contributed by atoms with Crippen LogP contribution in [0.2, 0.25) is 5.02 Å². The van der Waals surface area contributed by atoms with Crippen molar-refractivity contribution in [2.45, 2.75) is 13.3 Å².